The summed E-state index contributed by atoms with van der Waals surface area (Å²) in [6, 6.07) is 0.254. The Bertz CT molecular complexity index is 865. The molecule has 6 N–H and O–H groups in total. The molecular weight excluding hydrogens is 484 g/mol. The summed E-state index contributed by atoms with van der Waals surface area (Å²) in [5.41, 5.74) is 11.5. The molecule has 0 radical (unpaired) electrons. The molecular formula is C28H48N6O4. The van der Waals surface area contributed by atoms with Crippen molar-refractivity contribution in [3.63, 3.8) is 0 Å². The topological polar surface area (TPSA) is 155 Å². The summed E-state index contributed by atoms with van der Waals surface area (Å²) in [5, 5.41) is 11.4. The average Bonchev–Trinajstić information content (AvgIpc) is 3.26. The zero-order chi connectivity index (χ0) is 27.4. The fourth-order valence-corrected chi connectivity index (χ4v) is 7.26. The van der Waals surface area contributed by atoms with Crippen LogP contribution in [0.15, 0.2) is 0 Å². The van der Waals surface area contributed by atoms with Crippen LogP contribution in [-0.4, -0.2) is 84.8 Å². The van der Waals surface area contributed by atoms with Crippen LogP contribution in [0.1, 0.15) is 77.0 Å². The van der Waals surface area contributed by atoms with E-state index in [2.05, 4.69) is 10.2 Å². The lowest BCUT2D eigenvalue weighted by Crippen LogP contribution is -2.52. The molecule has 4 unspecified atom stereocenters. The van der Waals surface area contributed by atoms with Gasteiger partial charge in [-0.05, 0) is 88.9 Å². The van der Waals surface area contributed by atoms with Crippen LogP contribution in [-0.2, 0) is 19.1 Å². The summed E-state index contributed by atoms with van der Waals surface area (Å²) < 4.78 is 5.81. The van der Waals surface area contributed by atoms with Gasteiger partial charge in [-0.1, -0.05) is 0 Å². The highest BCUT2D eigenvalue weighted by Gasteiger charge is 2.48. The predicted octanol–water partition coefficient (Wildman–Crippen LogP) is 1.61. The van der Waals surface area contributed by atoms with Crippen LogP contribution in [0.2, 0.25) is 0 Å². The largest absolute Gasteiger partial charge is 0.387 e. The van der Waals surface area contributed by atoms with Gasteiger partial charge in [0.2, 0.25) is 17.7 Å². The summed E-state index contributed by atoms with van der Waals surface area (Å²) in [7, 11) is 3.46. The molecule has 1 saturated heterocycles. The van der Waals surface area contributed by atoms with Crippen molar-refractivity contribution in [2.24, 2.45) is 35.1 Å². The molecule has 0 aromatic rings. The molecule has 4 rings (SSSR count). The number of nitrogens with two attached hydrogens (primary N) is 2. The number of carbonyl (C=O) groups is 3. The van der Waals surface area contributed by atoms with Crippen molar-refractivity contribution in [3.05, 3.63) is 0 Å². The zero-order valence-corrected chi connectivity index (χ0v) is 23.2. The molecule has 4 atom stereocenters. The standard InChI is InChI=1S/C28H48N6O4/c1-33(2)25(35)16-38-22-11-9-21(10-12-22)32-28(37)24-13-19-7-8-20(26(29)30)14-23(19)34(24)15-17-3-5-18(6-4-17)27(31)36/h17-24H,3-16H2,1-2H3,(H3,29,30)(H2,31,36)(H,32,37). The number of amidine groups is 1. The third kappa shape index (κ3) is 7.05. The molecule has 10 heteroatoms. The molecule has 0 spiro atoms. The van der Waals surface area contributed by atoms with Gasteiger partial charge in [0.1, 0.15) is 6.61 Å². The number of hydrogen-bond donors (Lipinski definition) is 4. The van der Waals surface area contributed by atoms with Crippen molar-refractivity contribution >= 4 is 23.6 Å². The second-order valence-electron chi connectivity index (χ2n) is 12.4. The van der Waals surface area contributed by atoms with E-state index >= 15 is 0 Å². The third-order valence-corrected chi connectivity index (χ3v) is 9.73. The number of amides is 3. The number of likely N-dealkylation sites (N-methyl/N-ethyl adjacent to an activating group) is 1. The van der Waals surface area contributed by atoms with E-state index in [1.807, 2.05) is 0 Å². The minimum Gasteiger partial charge on any atom is -0.387 e. The van der Waals surface area contributed by atoms with Crippen molar-refractivity contribution in [2.75, 3.05) is 27.2 Å². The monoisotopic (exact) mass is 532 g/mol. The molecule has 3 amide bonds. The summed E-state index contributed by atoms with van der Waals surface area (Å²) in [6.07, 6.45) is 10.7. The number of ether oxygens (including phenoxy) is 1. The van der Waals surface area contributed by atoms with Crippen LogP contribution in [0.25, 0.3) is 0 Å². The number of likely N-dealkylation sites (tertiary alicyclic amines) is 1. The highest BCUT2D eigenvalue weighted by molar-refractivity contribution is 5.83. The van der Waals surface area contributed by atoms with Gasteiger partial charge in [0.15, 0.2) is 0 Å². The van der Waals surface area contributed by atoms with Crippen LogP contribution < -0.4 is 16.8 Å². The minimum absolute atomic E-state index is 0.0199. The fraction of sp³-hybridized carbons (Fsp3) is 0.857. The van der Waals surface area contributed by atoms with Gasteiger partial charge in [0.25, 0.3) is 0 Å². The van der Waals surface area contributed by atoms with Gasteiger partial charge < -0.3 is 26.4 Å². The van der Waals surface area contributed by atoms with E-state index < -0.39 is 0 Å². The Labute approximate surface area is 227 Å². The molecule has 4 aliphatic rings. The second kappa shape index (κ2) is 12.8. The first-order chi connectivity index (χ1) is 18.1. The molecule has 1 heterocycles. The molecule has 3 aliphatic carbocycles. The van der Waals surface area contributed by atoms with Gasteiger partial charge >= 0.3 is 0 Å². The van der Waals surface area contributed by atoms with Crippen molar-refractivity contribution in [3.8, 4) is 0 Å². The molecule has 4 fully saturated rings. The predicted molar refractivity (Wildman–Crippen MR) is 145 cm³/mol. The highest BCUT2D eigenvalue weighted by atomic mass is 16.5. The van der Waals surface area contributed by atoms with Gasteiger partial charge in [0.05, 0.1) is 18.0 Å². The van der Waals surface area contributed by atoms with Crippen molar-refractivity contribution < 1.29 is 19.1 Å². The number of nitrogens with one attached hydrogen (secondary N) is 2. The number of fused-ring (bicyclic) bond motifs is 1. The average molecular weight is 533 g/mol. The lowest BCUT2D eigenvalue weighted by atomic mass is 9.77. The second-order valence-corrected chi connectivity index (χ2v) is 12.4. The molecule has 3 saturated carbocycles. The normalized spacial score (nSPS) is 35.7. The number of nitrogens with zero attached hydrogens (tertiary/aromatic N) is 2. The summed E-state index contributed by atoms with van der Waals surface area (Å²) in [5.74, 6) is 1.16. The zero-order valence-electron chi connectivity index (χ0n) is 23.2. The lowest BCUT2D eigenvalue weighted by molar-refractivity contribution is -0.136. The maximum Gasteiger partial charge on any atom is 0.248 e. The van der Waals surface area contributed by atoms with Crippen LogP contribution in [0, 0.1) is 29.1 Å². The Morgan fingerprint density at radius 3 is 2.18 bits per heavy atom. The first-order valence-electron chi connectivity index (χ1n) is 14.6. The van der Waals surface area contributed by atoms with Gasteiger partial charge in [0, 0.05) is 44.6 Å². The third-order valence-electron chi connectivity index (χ3n) is 9.73. The van der Waals surface area contributed by atoms with Crippen LogP contribution in [0.4, 0.5) is 0 Å². The van der Waals surface area contributed by atoms with Crippen LogP contribution in [0.5, 0.6) is 0 Å². The first kappa shape index (κ1) is 28.8. The molecule has 0 aromatic carbocycles. The van der Waals surface area contributed by atoms with Crippen molar-refractivity contribution in [2.45, 2.75) is 101 Å². The van der Waals surface area contributed by atoms with Gasteiger partial charge in [-0.3, -0.25) is 24.7 Å². The van der Waals surface area contributed by atoms with E-state index in [4.69, 9.17) is 21.6 Å². The van der Waals surface area contributed by atoms with Crippen molar-refractivity contribution in [1.82, 2.24) is 15.1 Å². The van der Waals surface area contributed by atoms with Gasteiger partial charge in [-0.15, -0.1) is 0 Å². The van der Waals surface area contributed by atoms with E-state index in [-0.39, 0.29) is 66.2 Å². The first-order valence-corrected chi connectivity index (χ1v) is 14.6. The minimum atomic E-state index is -0.192. The summed E-state index contributed by atoms with van der Waals surface area (Å²) >= 11 is 0. The van der Waals surface area contributed by atoms with E-state index in [0.29, 0.717) is 11.8 Å². The van der Waals surface area contributed by atoms with E-state index in [9.17, 15) is 14.4 Å². The molecule has 10 nitrogen and oxygen atoms in total. The summed E-state index contributed by atoms with van der Waals surface area (Å²) in [4.78, 5) is 41.1. The number of rotatable bonds is 9. The smallest absolute Gasteiger partial charge is 0.248 e. The quantitative estimate of drug-likeness (QED) is 0.261. The summed E-state index contributed by atoms with van der Waals surface area (Å²) in [6.45, 7) is 0.965. The molecule has 1 aliphatic heterocycles. The maximum absolute atomic E-state index is 13.7. The number of carbonyl (C=O) groups excluding carboxylic acids is 3. The van der Waals surface area contributed by atoms with Crippen LogP contribution >= 0.6 is 0 Å². The van der Waals surface area contributed by atoms with Gasteiger partial charge in [-0.2, -0.15) is 0 Å². The van der Waals surface area contributed by atoms with E-state index in [1.165, 1.54) is 0 Å². The Hall–Kier alpha value is -2.20. The number of primary amides is 1. The van der Waals surface area contributed by atoms with E-state index in [1.54, 1.807) is 19.0 Å². The highest BCUT2D eigenvalue weighted by Crippen LogP contribution is 2.43. The number of hydrogen-bond acceptors (Lipinski definition) is 6. The van der Waals surface area contributed by atoms with Crippen molar-refractivity contribution in [1.29, 1.82) is 5.41 Å². The van der Waals surface area contributed by atoms with Gasteiger partial charge in [-0.25, -0.2) is 0 Å². The maximum atomic E-state index is 13.7. The Balaban J connectivity index is 1.34. The molecule has 38 heavy (non-hydrogen) atoms. The lowest BCUT2D eigenvalue weighted by Gasteiger charge is -2.40. The molecule has 0 bridgehead atoms. The molecule has 214 valence electrons. The SMILES string of the molecule is CN(C)C(=O)COC1CCC(NC(=O)C2CC3CCC(C(=N)N)CC3N2CC2CCC(C(N)=O)CC2)CC1. The molecule has 0 aromatic heterocycles. The Morgan fingerprint density at radius 2 is 1.58 bits per heavy atom. The van der Waals surface area contributed by atoms with E-state index in [0.717, 1.165) is 83.6 Å². The van der Waals surface area contributed by atoms with Crippen LogP contribution in [0.3, 0.4) is 0 Å². The Morgan fingerprint density at radius 1 is 0.921 bits per heavy atom. The fourth-order valence-electron chi connectivity index (χ4n) is 7.26. The Kier molecular flexibility index (Phi) is 9.68.